The fourth-order valence-electron chi connectivity index (χ4n) is 7.20. The minimum Gasteiger partial charge on any atom is -0.487 e. The lowest BCUT2D eigenvalue weighted by molar-refractivity contribution is 0.00980. The Labute approximate surface area is 300 Å². The summed E-state index contributed by atoms with van der Waals surface area (Å²) in [5, 5.41) is 19.2. The lowest BCUT2D eigenvalue weighted by Crippen LogP contribution is -2.41. The molecule has 3 atom stereocenters. The fraction of sp³-hybridized carbons (Fsp3) is 0.324. The minimum absolute atomic E-state index is 0.0341. The number of halogens is 2. The van der Waals surface area contributed by atoms with E-state index in [1.54, 1.807) is 39.9 Å². The quantitative estimate of drug-likeness (QED) is 0.208. The Kier molecular flexibility index (Phi) is 8.68. The van der Waals surface area contributed by atoms with Gasteiger partial charge in [0.15, 0.2) is 23.1 Å². The average molecular weight is 729 g/mol. The van der Waals surface area contributed by atoms with Gasteiger partial charge in [-0.15, -0.1) is 5.10 Å². The van der Waals surface area contributed by atoms with Gasteiger partial charge in [0.05, 0.1) is 48.5 Å². The molecule has 8 rings (SSSR count). The first-order valence-electron chi connectivity index (χ1n) is 17.1. The summed E-state index contributed by atoms with van der Waals surface area (Å²) in [4.78, 5) is 42.1. The zero-order valence-electron chi connectivity index (χ0n) is 28.5. The van der Waals surface area contributed by atoms with Crippen molar-refractivity contribution >= 4 is 34.3 Å². The lowest BCUT2D eigenvalue weighted by atomic mass is 10.0. The van der Waals surface area contributed by atoms with Gasteiger partial charge in [0, 0.05) is 31.4 Å². The van der Waals surface area contributed by atoms with E-state index in [1.165, 1.54) is 34.1 Å². The molecule has 0 bridgehead atoms. The lowest BCUT2D eigenvalue weighted by Gasteiger charge is -2.34. The first kappa shape index (κ1) is 34.1. The summed E-state index contributed by atoms with van der Waals surface area (Å²) in [7, 11) is 0. The molecule has 3 aliphatic heterocycles. The summed E-state index contributed by atoms with van der Waals surface area (Å²) in [5.74, 6) is -2.36. The van der Waals surface area contributed by atoms with Gasteiger partial charge in [-0.05, 0) is 30.7 Å². The van der Waals surface area contributed by atoms with Gasteiger partial charge in [-0.2, -0.15) is 0 Å². The van der Waals surface area contributed by atoms with Gasteiger partial charge in [0.25, 0.3) is 0 Å². The number of nitrogens with zero attached hydrogens (tertiary/aromatic N) is 6. The molecule has 5 aromatic rings. The van der Waals surface area contributed by atoms with Crippen LogP contribution in [-0.4, -0.2) is 80.8 Å². The fourth-order valence-corrected chi connectivity index (χ4v) is 7.20. The van der Waals surface area contributed by atoms with E-state index in [2.05, 4.69) is 10.3 Å². The molecule has 0 spiro atoms. The van der Waals surface area contributed by atoms with Gasteiger partial charge in [0.1, 0.15) is 42.8 Å². The molecule has 1 amide bonds. The van der Waals surface area contributed by atoms with Crippen LogP contribution in [0.4, 0.5) is 25.0 Å². The van der Waals surface area contributed by atoms with Gasteiger partial charge in [0.2, 0.25) is 5.43 Å². The van der Waals surface area contributed by atoms with E-state index in [1.807, 2.05) is 13.0 Å². The number of ether oxygens (including phenoxy) is 4. The maximum absolute atomic E-state index is 16.0. The van der Waals surface area contributed by atoms with E-state index >= 15 is 8.78 Å². The monoisotopic (exact) mass is 728 g/mol. The minimum atomic E-state index is -1.52. The Morgan fingerprint density at radius 1 is 1.11 bits per heavy atom. The van der Waals surface area contributed by atoms with E-state index in [4.69, 9.17) is 18.9 Å². The molecule has 0 radical (unpaired) electrons. The number of carbonyl (C=O) groups is 2. The Morgan fingerprint density at radius 2 is 1.94 bits per heavy atom. The van der Waals surface area contributed by atoms with Gasteiger partial charge in [-0.3, -0.25) is 9.69 Å². The third-order valence-corrected chi connectivity index (χ3v) is 9.71. The predicted octanol–water partition coefficient (Wildman–Crippen LogP) is 4.05. The van der Waals surface area contributed by atoms with Crippen LogP contribution in [0.2, 0.25) is 0 Å². The van der Waals surface area contributed by atoms with Gasteiger partial charge < -0.3 is 33.5 Å². The average Bonchev–Trinajstić information content (AvgIpc) is 3.89. The Hall–Kier alpha value is -6.03. The zero-order chi connectivity index (χ0) is 36.9. The van der Waals surface area contributed by atoms with E-state index in [0.717, 1.165) is 17.7 Å². The summed E-state index contributed by atoms with van der Waals surface area (Å²) in [6.45, 7) is 2.27. The van der Waals surface area contributed by atoms with Crippen LogP contribution in [0.25, 0.3) is 10.9 Å². The Bertz CT molecular complexity index is 2270. The summed E-state index contributed by atoms with van der Waals surface area (Å²) in [5.41, 5.74) is -1.04. The molecule has 14 nitrogen and oxygen atoms in total. The second-order valence-electron chi connectivity index (χ2n) is 13.3. The van der Waals surface area contributed by atoms with Crippen LogP contribution < -0.4 is 24.7 Å². The number of rotatable bonds is 10. The highest BCUT2D eigenvalue weighted by Gasteiger charge is 2.48. The van der Waals surface area contributed by atoms with Gasteiger partial charge >= 0.3 is 12.1 Å². The van der Waals surface area contributed by atoms with E-state index in [-0.39, 0.29) is 73.2 Å². The number of hydrogen-bond acceptors (Lipinski definition) is 11. The van der Waals surface area contributed by atoms with Crippen LogP contribution in [-0.2, 0) is 29.2 Å². The maximum Gasteiger partial charge on any atom is 0.414 e. The summed E-state index contributed by atoms with van der Waals surface area (Å²) < 4.78 is 57.2. The number of hydrogen-bond donors (Lipinski definition) is 1. The molecule has 3 aromatic carbocycles. The first-order valence-corrected chi connectivity index (χ1v) is 17.1. The third kappa shape index (κ3) is 6.39. The Morgan fingerprint density at radius 3 is 2.70 bits per heavy atom. The number of fused-ring (bicyclic) bond motifs is 5. The van der Waals surface area contributed by atoms with Crippen LogP contribution >= 0.6 is 0 Å². The first-order chi connectivity index (χ1) is 25.6. The molecule has 53 heavy (non-hydrogen) atoms. The van der Waals surface area contributed by atoms with Crippen molar-refractivity contribution in [2.75, 3.05) is 36.1 Å². The molecule has 5 heterocycles. The van der Waals surface area contributed by atoms with Crippen LogP contribution in [0.15, 0.2) is 78.0 Å². The molecule has 16 heteroatoms. The molecule has 1 unspecified atom stereocenters. The highest BCUT2D eigenvalue weighted by atomic mass is 19.1. The van der Waals surface area contributed by atoms with Crippen molar-refractivity contribution in [3.63, 3.8) is 0 Å². The van der Waals surface area contributed by atoms with Crippen molar-refractivity contribution in [1.29, 1.82) is 0 Å². The largest absolute Gasteiger partial charge is 0.487 e. The number of pyridine rings is 1. The molecule has 3 aliphatic rings. The summed E-state index contributed by atoms with van der Waals surface area (Å²) >= 11 is 0. The number of anilines is 2. The number of aliphatic hydroxyl groups is 1. The maximum atomic E-state index is 16.0. The molecule has 274 valence electrons. The van der Waals surface area contributed by atoms with E-state index < -0.39 is 46.9 Å². The molecule has 2 saturated heterocycles. The second kappa shape index (κ2) is 13.5. The predicted molar refractivity (Wildman–Crippen MR) is 185 cm³/mol. The number of esters is 1. The highest BCUT2D eigenvalue weighted by molar-refractivity contribution is 5.98. The van der Waals surface area contributed by atoms with Crippen LogP contribution in [0.5, 0.6) is 11.5 Å². The summed E-state index contributed by atoms with van der Waals surface area (Å²) in [6.07, 6.45) is 3.55. The van der Waals surface area contributed by atoms with Crippen LogP contribution in [0.1, 0.15) is 29.3 Å². The van der Waals surface area contributed by atoms with Crippen molar-refractivity contribution in [1.82, 2.24) is 19.6 Å². The van der Waals surface area contributed by atoms with Gasteiger partial charge in [-0.25, -0.2) is 23.1 Å². The molecule has 2 aromatic heterocycles. The number of benzene rings is 3. The van der Waals surface area contributed by atoms with Crippen molar-refractivity contribution in [3.05, 3.63) is 106 Å². The number of aromatic nitrogens is 4. The van der Waals surface area contributed by atoms with Crippen LogP contribution in [0, 0.1) is 11.6 Å². The van der Waals surface area contributed by atoms with Crippen molar-refractivity contribution in [3.8, 4) is 11.5 Å². The molecule has 1 N–H and O–H groups in total. The van der Waals surface area contributed by atoms with Crippen LogP contribution in [0.3, 0.4) is 0 Å². The third-order valence-electron chi connectivity index (χ3n) is 9.71. The normalized spacial score (nSPS) is 20.6. The highest BCUT2D eigenvalue weighted by Crippen LogP contribution is 2.46. The van der Waals surface area contributed by atoms with Crippen molar-refractivity contribution in [2.24, 2.45) is 0 Å². The molecule has 2 fully saturated rings. The second-order valence-corrected chi connectivity index (χ2v) is 13.3. The zero-order valence-corrected chi connectivity index (χ0v) is 28.5. The Balaban J connectivity index is 0.982. The summed E-state index contributed by atoms with van der Waals surface area (Å²) in [6, 6.07) is 13.7. The van der Waals surface area contributed by atoms with E-state index in [9.17, 15) is 19.5 Å². The number of aryl methyl sites for hydroxylation is 1. The topological polar surface area (TPSA) is 150 Å². The van der Waals surface area contributed by atoms with Gasteiger partial charge in [-0.1, -0.05) is 35.5 Å². The molecule has 0 saturated carbocycles. The SMILES string of the molecule is CCn1cc(C(=O)OCc2ccccc2)c(=O)c2cc(F)c3c(c21)OC[C@@H]1C[C@@](O)(COc2ccc(N4CC(Cn5ccnn5)OC4=O)cc2F)CN31. The number of amides is 1. The molecular weight excluding hydrogens is 694 g/mol. The standard InChI is InChI=1S/C37H34F2N6O8/c1-2-42-17-27(35(47)51-18-22-6-4-3-5-7-22)33(46)26-13-29(39)32-34(31(26)42)50-19-24-14-37(49,20-45(24)32)21-52-30-9-8-23(12-28(30)38)44-16-25(53-36(44)48)15-43-11-10-40-41-43/h3-13,17,24-25,49H,2,14-16,18-21H2,1H3/t24-,25?,37-/m0/s1. The number of carbonyl (C=O) groups excluding carboxylic acids is 2. The number of cyclic esters (lactones) is 1. The smallest absolute Gasteiger partial charge is 0.414 e. The van der Waals surface area contributed by atoms with Crippen molar-refractivity contribution < 1.29 is 42.4 Å². The van der Waals surface area contributed by atoms with E-state index in [0.29, 0.717) is 18.6 Å². The van der Waals surface area contributed by atoms with Crippen molar-refractivity contribution in [2.45, 2.75) is 50.8 Å². The molecular formula is C37H34F2N6O8. The molecule has 0 aliphatic carbocycles.